The zero-order valence-electron chi connectivity index (χ0n) is 22.8. The molecule has 4 rings (SSSR count). The van der Waals surface area contributed by atoms with E-state index in [1.165, 1.54) is 38.5 Å². The number of rotatable bonds is 8. The van der Waals surface area contributed by atoms with Crippen molar-refractivity contribution in [3.63, 3.8) is 0 Å². The van der Waals surface area contributed by atoms with Gasteiger partial charge in [-0.15, -0.1) is 0 Å². The minimum atomic E-state index is -0.857. The summed E-state index contributed by atoms with van der Waals surface area (Å²) in [4.78, 5) is 58.5. The minimum Gasteiger partial charge on any atom is -0.211 e. The largest absolute Gasteiger partial charge is 0.237 e. The fourth-order valence-electron chi connectivity index (χ4n) is 7.64. The third-order valence-electron chi connectivity index (χ3n) is 9.64. The van der Waals surface area contributed by atoms with Gasteiger partial charge in [0, 0.05) is 11.8 Å². The van der Waals surface area contributed by atoms with Gasteiger partial charge in [-0.05, 0) is 82.5 Å². The molecular weight excluding hydrogens is 480 g/mol. The maximum atomic E-state index is 10.9. The standard InChI is InChI=1S/2C15H22N2O2/c18-11-16-15(17-12-19,13-7-3-1-4-8-13)14-9-5-2-6-10-14;18-10-16-14-7-5-12(6-8-14)9-13-3-1-2-4-15(13)17-11-19/h13-14H,1-10H2;12-15H,1-9H2. The van der Waals surface area contributed by atoms with E-state index in [2.05, 4.69) is 20.0 Å². The lowest BCUT2D eigenvalue weighted by atomic mass is 9.69. The van der Waals surface area contributed by atoms with Crippen LogP contribution in [0.1, 0.15) is 122 Å². The van der Waals surface area contributed by atoms with Gasteiger partial charge in [0.05, 0.1) is 12.1 Å². The second-order valence-corrected chi connectivity index (χ2v) is 11.8. The molecule has 0 aliphatic heterocycles. The summed E-state index contributed by atoms with van der Waals surface area (Å²) in [6, 6.07) is 0.404. The summed E-state index contributed by atoms with van der Waals surface area (Å²) in [5, 5.41) is 0. The monoisotopic (exact) mass is 524 g/mol. The van der Waals surface area contributed by atoms with Crippen LogP contribution in [0.25, 0.3) is 0 Å². The Morgan fingerprint density at radius 3 is 1.53 bits per heavy atom. The highest BCUT2D eigenvalue weighted by atomic mass is 16.1. The zero-order chi connectivity index (χ0) is 27.1. The number of carbonyl (C=O) groups excluding carboxylic acids is 4. The van der Waals surface area contributed by atoms with Crippen LogP contribution in [-0.2, 0) is 19.2 Å². The van der Waals surface area contributed by atoms with Crippen LogP contribution in [0, 0.1) is 23.7 Å². The van der Waals surface area contributed by atoms with Gasteiger partial charge in [-0.2, -0.15) is 9.98 Å². The average molecular weight is 525 g/mol. The molecule has 0 bridgehead atoms. The van der Waals surface area contributed by atoms with E-state index in [0.29, 0.717) is 11.8 Å². The Morgan fingerprint density at radius 2 is 1.03 bits per heavy atom. The highest BCUT2D eigenvalue weighted by Crippen LogP contribution is 2.46. The van der Waals surface area contributed by atoms with E-state index in [0.717, 1.165) is 83.5 Å². The molecule has 0 saturated heterocycles. The number of nitrogens with zero attached hydrogens (tertiary/aromatic N) is 4. The number of hydrogen-bond donors (Lipinski definition) is 0. The van der Waals surface area contributed by atoms with Crippen molar-refractivity contribution in [1.29, 1.82) is 0 Å². The van der Waals surface area contributed by atoms with Crippen LogP contribution in [0.4, 0.5) is 0 Å². The summed E-state index contributed by atoms with van der Waals surface area (Å²) in [6.07, 6.45) is 28.0. The Bertz CT molecular complexity index is 871. The van der Waals surface area contributed by atoms with Crippen molar-refractivity contribution < 1.29 is 19.2 Å². The molecule has 0 heterocycles. The Hall–Kier alpha value is -2.48. The normalized spacial score (nSPS) is 28.6. The molecule has 38 heavy (non-hydrogen) atoms. The highest BCUT2D eigenvalue weighted by Gasteiger charge is 2.46. The van der Waals surface area contributed by atoms with E-state index < -0.39 is 5.66 Å². The highest BCUT2D eigenvalue weighted by molar-refractivity contribution is 5.40. The van der Waals surface area contributed by atoms with E-state index in [1.54, 1.807) is 24.3 Å². The third kappa shape index (κ3) is 8.52. The molecule has 0 N–H and O–H groups in total. The van der Waals surface area contributed by atoms with Crippen LogP contribution < -0.4 is 0 Å². The molecule has 4 saturated carbocycles. The third-order valence-corrected chi connectivity index (χ3v) is 9.64. The second-order valence-electron chi connectivity index (χ2n) is 11.8. The molecule has 0 amide bonds. The number of aliphatic imine (C=N–C) groups is 4. The summed E-state index contributed by atoms with van der Waals surface area (Å²) in [5.74, 6) is 1.70. The lowest BCUT2D eigenvalue weighted by Crippen LogP contribution is -2.43. The molecule has 0 spiro atoms. The summed E-state index contributed by atoms with van der Waals surface area (Å²) >= 11 is 0. The Balaban J connectivity index is 0.000000211. The first kappa shape index (κ1) is 30.1. The van der Waals surface area contributed by atoms with Gasteiger partial charge in [-0.25, -0.2) is 29.2 Å². The SMILES string of the molecule is O=C=NC(N=C=O)(C1CCCCC1)C1CCCCC1.O=C=NC1CCC(CC2CCCCC2N=C=O)CC1. The van der Waals surface area contributed by atoms with Crippen LogP contribution in [0.2, 0.25) is 0 Å². The van der Waals surface area contributed by atoms with Crippen molar-refractivity contribution >= 4 is 24.3 Å². The van der Waals surface area contributed by atoms with Gasteiger partial charge in [0.2, 0.25) is 24.3 Å². The first-order chi connectivity index (χ1) is 18.7. The summed E-state index contributed by atoms with van der Waals surface area (Å²) in [6.45, 7) is 0. The van der Waals surface area contributed by atoms with Crippen LogP contribution in [0.5, 0.6) is 0 Å². The molecule has 0 radical (unpaired) electrons. The first-order valence-corrected chi connectivity index (χ1v) is 15.0. The van der Waals surface area contributed by atoms with Crippen molar-refractivity contribution in [3.8, 4) is 0 Å². The molecule has 0 aromatic heterocycles. The van der Waals surface area contributed by atoms with Crippen molar-refractivity contribution in [2.24, 2.45) is 43.6 Å². The molecular formula is C30H44N4O4. The number of hydrogen-bond acceptors (Lipinski definition) is 8. The molecule has 4 fully saturated rings. The van der Waals surface area contributed by atoms with E-state index >= 15 is 0 Å². The molecule has 0 aromatic carbocycles. The molecule has 8 nitrogen and oxygen atoms in total. The van der Waals surface area contributed by atoms with Gasteiger partial charge < -0.3 is 0 Å². The van der Waals surface area contributed by atoms with Gasteiger partial charge in [0.25, 0.3) is 0 Å². The average Bonchev–Trinajstić information content (AvgIpc) is 2.96. The summed E-state index contributed by atoms with van der Waals surface area (Å²) < 4.78 is 0. The number of isocyanates is 4. The second kappa shape index (κ2) is 16.5. The Morgan fingerprint density at radius 1 is 0.526 bits per heavy atom. The van der Waals surface area contributed by atoms with Crippen molar-refractivity contribution in [1.82, 2.24) is 0 Å². The predicted octanol–water partition coefficient (Wildman–Crippen LogP) is 6.68. The zero-order valence-corrected chi connectivity index (χ0v) is 22.8. The molecule has 4 aliphatic carbocycles. The molecule has 2 unspecified atom stereocenters. The molecule has 208 valence electrons. The molecule has 0 aromatic rings. The van der Waals surface area contributed by atoms with E-state index in [4.69, 9.17) is 0 Å². The van der Waals surface area contributed by atoms with Gasteiger partial charge in [-0.3, -0.25) is 0 Å². The predicted molar refractivity (Wildman–Crippen MR) is 144 cm³/mol. The smallest absolute Gasteiger partial charge is 0.211 e. The molecule has 8 heteroatoms. The van der Waals surface area contributed by atoms with Crippen LogP contribution in [0.15, 0.2) is 20.0 Å². The maximum absolute atomic E-state index is 10.9. The van der Waals surface area contributed by atoms with Gasteiger partial charge in [0.15, 0.2) is 5.66 Å². The van der Waals surface area contributed by atoms with Crippen LogP contribution in [-0.4, -0.2) is 42.1 Å². The minimum absolute atomic E-state index is 0.198. The van der Waals surface area contributed by atoms with Crippen LogP contribution in [0.3, 0.4) is 0 Å². The molecule has 2 atom stereocenters. The van der Waals surface area contributed by atoms with E-state index in [9.17, 15) is 19.2 Å². The van der Waals surface area contributed by atoms with Crippen molar-refractivity contribution in [2.75, 3.05) is 0 Å². The van der Waals surface area contributed by atoms with Gasteiger partial charge >= 0.3 is 0 Å². The lowest BCUT2D eigenvalue weighted by Gasteiger charge is -2.41. The topological polar surface area (TPSA) is 118 Å². The summed E-state index contributed by atoms with van der Waals surface area (Å²) in [5.41, 5.74) is -0.857. The lowest BCUT2D eigenvalue weighted by molar-refractivity contribution is 0.115. The quantitative estimate of drug-likeness (QED) is 0.260. The summed E-state index contributed by atoms with van der Waals surface area (Å²) in [7, 11) is 0. The van der Waals surface area contributed by atoms with Crippen LogP contribution >= 0.6 is 0 Å². The van der Waals surface area contributed by atoms with E-state index in [-0.39, 0.29) is 23.9 Å². The van der Waals surface area contributed by atoms with Gasteiger partial charge in [0.1, 0.15) is 0 Å². The van der Waals surface area contributed by atoms with Crippen molar-refractivity contribution in [2.45, 2.75) is 140 Å². The fraction of sp³-hybridized carbons (Fsp3) is 0.867. The van der Waals surface area contributed by atoms with Gasteiger partial charge in [-0.1, -0.05) is 51.4 Å². The first-order valence-electron chi connectivity index (χ1n) is 15.0. The maximum Gasteiger partial charge on any atom is 0.237 e. The van der Waals surface area contributed by atoms with Crippen molar-refractivity contribution in [3.05, 3.63) is 0 Å². The Labute approximate surface area is 227 Å². The Kier molecular flexibility index (Phi) is 13.0. The molecule has 4 aliphatic rings. The van der Waals surface area contributed by atoms with E-state index in [1.807, 2.05) is 0 Å². The fourth-order valence-corrected chi connectivity index (χ4v) is 7.64.